The van der Waals surface area contributed by atoms with E-state index in [-0.39, 0.29) is 30.5 Å². The van der Waals surface area contributed by atoms with Gasteiger partial charge in [-0.2, -0.15) is 5.26 Å². The molecule has 3 aromatic rings. The van der Waals surface area contributed by atoms with E-state index in [0.717, 1.165) is 0 Å². The van der Waals surface area contributed by atoms with E-state index in [1.807, 2.05) is 6.92 Å². The van der Waals surface area contributed by atoms with Gasteiger partial charge in [0.05, 0.1) is 29.1 Å². The molecule has 0 saturated carbocycles. The van der Waals surface area contributed by atoms with Crippen molar-refractivity contribution < 1.29 is 33.3 Å². The van der Waals surface area contributed by atoms with Crippen molar-refractivity contribution in [2.24, 2.45) is 0 Å². The van der Waals surface area contributed by atoms with Gasteiger partial charge < -0.3 is 29.6 Å². The van der Waals surface area contributed by atoms with E-state index in [2.05, 4.69) is 31.7 Å². The lowest BCUT2D eigenvalue weighted by Crippen LogP contribution is -2.44. The third-order valence-corrected chi connectivity index (χ3v) is 7.31. The number of hydrogen-bond donors (Lipinski definition) is 2. The van der Waals surface area contributed by atoms with Crippen LogP contribution in [0.4, 0.5) is 26.9 Å². The second-order valence-corrected chi connectivity index (χ2v) is 14.2. The molecular weight excluding hydrogens is 654 g/mol. The first-order chi connectivity index (χ1) is 22.8. The first-order valence-corrected chi connectivity index (χ1v) is 15.8. The van der Waals surface area contributed by atoms with Gasteiger partial charge in [-0.3, -0.25) is 4.90 Å². The molecule has 1 aliphatic heterocycles. The maximum absolute atomic E-state index is 13.5. The normalized spacial score (nSPS) is 16.1. The zero-order chi connectivity index (χ0) is 36.3. The Morgan fingerprint density at radius 1 is 1.10 bits per heavy atom. The molecule has 0 aliphatic carbocycles. The van der Waals surface area contributed by atoms with Crippen LogP contribution in [0.3, 0.4) is 0 Å². The molecule has 0 radical (unpaired) electrons. The van der Waals surface area contributed by atoms with E-state index in [1.54, 1.807) is 72.0 Å². The highest BCUT2D eigenvalue weighted by atomic mass is 35.5. The standard InChI is InChI=1S/C34H40ClN7O7/c1-19(39-30(44)48-32(2,3)4)28(43)47-18-34(8)17-42(31(45)49-33(5,6)7)26-21(15-36)12-20(13-23(26)34)24-10-11-37-29(40-24)41-25-14-22(35)16-38-27(25)46-9/h10-14,16,19H,17-18H2,1-9H3,(H,39,44)(H,37,40,41)/t19?,34-/m0/s1. The number of anilines is 3. The first kappa shape index (κ1) is 36.7. The maximum Gasteiger partial charge on any atom is 0.414 e. The Kier molecular flexibility index (Phi) is 10.6. The third-order valence-electron chi connectivity index (χ3n) is 7.10. The summed E-state index contributed by atoms with van der Waals surface area (Å²) in [6.07, 6.45) is 1.56. The van der Waals surface area contributed by atoms with Crippen molar-refractivity contribution in [1.82, 2.24) is 20.3 Å². The van der Waals surface area contributed by atoms with Gasteiger partial charge in [0.1, 0.15) is 35.6 Å². The summed E-state index contributed by atoms with van der Waals surface area (Å²) in [6.45, 7) is 13.5. The number of nitriles is 1. The minimum Gasteiger partial charge on any atom is -0.480 e. The van der Waals surface area contributed by atoms with Gasteiger partial charge in [-0.05, 0) is 78.3 Å². The number of ether oxygens (including phenoxy) is 4. The lowest BCUT2D eigenvalue weighted by atomic mass is 9.83. The number of esters is 1. The van der Waals surface area contributed by atoms with E-state index < -0.39 is 40.8 Å². The maximum atomic E-state index is 13.5. The number of benzene rings is 1. The number of nitrogens with one attached hydrogen (secondary N) is 2. The molecule has 2 aromatic heterocycles. The number of carbonyl (C=O) groups is 3. The van der Waals surface area contributed by atoms with Crippen LogP contribution in [0.25, 0.3) is 11.3 Å². The predicted octanol–water partition coefficient (Wildman–Crippen LogP) is 6.29. The van der Waals surface area contributed by atoms with Gasteiger partial charge in [0.2, 0.25) is 11.8 Å². The van der Waals surface area contributed by atoms with E-state index in [4.69, 9.17) is 30.5 Å². The van der Waals surface area contributed by atoms with Crippen LogP contribution in [-0.4, -0.2) is 70.6 Å². The van der Waals surface area contributed by atoms with Gasteiger partial charge in [0.25, 0.3) is 0 Å². The summed E-state index contributed by atoms with van der Waals surface area (Å²) in [4.78, 5) is 53.2. The molecular formula is C34H40ClN7O7. The lowest BCUT2D eigenvalue weighted by Gasteiger charge is -2.28. The van der Waals surface area contributed by atoms with Gasteiger partial charge in [-0.25, -0.2) is 29.3 Å². The number of aromatic nitrogens is 3. The summed E-state index contributed by atoms with van der Waals surface area (Å²) in [5.41, 5.74) is -0.0545. The van der Waals surface area contributed by atoms with Crippen molar-refractivity contribution in [3.05, 3.63) is 52.8 Å². The smallest absolute Gasteiger partial charge is 0.414 e. The Morgan fingerprint density at radius 3 is 2.43 bits per heavy atom. The zero-order valence-electron chi connectivity index (χ0n) is 28.9. The number of halogens is 1. The molecule has 2 atom stereocenters. The van der Waals surface area contributed by atoms with Crippen LogP contribution in [-0.2, 0) is 24.4 Å². The molecule has 2 amide bonds. The molecule has 2 N–H and O–H groups in total. The van der Waals surface area contributed by atoms with Gasteiger partial charge in [0, 0.05) is 29.9 Å². The number of nitrogens with zero attached hydrogens (tertiary/aromatic N) is 5. The fourth-order valence-electron chi connectivity index (χ4n) is 5.01. The van der Waals surface area contributed by atoms with Crippen molar-refractivity contribution in [2.45, 2.75) is 78.0 Å². The molecule has 0 bridgehead atoms. The third kappa shape index (κ3) is 9.05. The van der Waals surface area contributed by atoms with E-state index in [0.29, 0.717) is 33.2 Å². The van der Waals surface area contributed by atoms with Gasteiger partial charge in [-0.1, -0.05) is 18.5 Å². The molecule has 15 heteroatoms. The molecule has 0 fully saturated rings. The van der Waals surface area contributed by atoms with Gasteiger partial charge >= 0.3 is 18.2 Å². The zero-order valence-corrected chi connectivity index (χ0v) is 29.7. The molecule has 1 unspecified atom stereocenters. The first-order valence-electron chi connectivity index (χ1n) is 15.4. The predicted molar refractivity (Wildman–Crippen MR) is 182 cm³/mol. The highest BCUT2D eigenvalue weighted by molar-refractivity contribution is 6.30. The Morgan fingerprint density at radius 2 is 1.80 bits per heavy atom. The fourth-order valence-corrected chi connectivity index (χ4v) is 5.16. The number of rotatable bonds is 8. The molecule has 1 aromatic carbocycles. The van der Waals surface area contributed by atoms with Gasteiger partial charge in [0.15, 0.2) is 0 Å². The average Bonchev–Trinajstić information content (AvgIpc) is 3.30. The Bertz CT molecular complexity index is 1800. The second-order valence-electron chi connectivity index (χ2n) is 13.7. The Balaban J connectivity index is 1.70. The summed E-state index contributed by atoms with van der Waals surface area (Å²) in [7, 11) is 1.47. The average molecular weight is 694 g/mol. The summed E-state index contributed by atoms with van der Waals surface area (Å²) in [5.74, 6) is -0.221. The van der Waals surface area contributed by atoms with Crippen LogP contribution in [0, 0.1) is 11.3 Å². The number of pyridine rings is 1. The minimum atomic E-state index is -1.03. The SMILES string of the molecule is COc1ncc(Cl)cc1Nc1nccc(-c2cc(C#N)c3c(c2)[C@](C)(COC(=O)C(C)NC(=O)OC(C)(C)C)CN3C(=O)OC(C)(C)C)n1. The number of hydrogen-bond acceptors (Lipinski definition) is 12. The molecule has 4 rings (SSSR count). The van der Waals surface area contributed by atoms with Crippen LogP contribution in [0.2, 0.25) is 5.02 Å². The van der Waals surface area contributed by atoms with Crippen LogP contribution < -0.4 is 20.3 Å². The summed E-state index contributed by atoms with van der Waals surface area (Å²) >= 11 is 6.14. The van der Waals surface area contributed by atoms with Crippen LogP contribution >= 0.6 is 11.6 Å². The van der Waals surface area contributed by atoms with Crippen molar-refractivity contribution in [2.75, 3.05) is 30.5 Å². The van der Waals surface area contributed by atoms with Gasteiger partial charge in [-0.15, -0.1) is 0 Å². The molecule has 260 valence electrons. The number of alkyl carbamates (subject to hydrolysis) is 1. The summed E-state index contributed by atoms with van der Waals surface area (Å²) in [6, 6.07) is 7.88. The monoisotopic (exact) mass is 693 g/mol. The van der Waals surface area contributed by atoms with Crippen molar-refractivity contribution >= 4 is 47.1 Å². The molecule has 0 saturated heterocycles. The quantitative estimate of drug-likeness (QED) is 0.199. The second kappa shape index (κ2) is 14.1. The topological polar surface area (TPSA) is 178 Å². The number of carbonyl (C=O) groups excluding carboxylic acids is 3. The van der Waals surface area contributed by atoms with E-state index in [1.165, 1.54) is 25.1 Å². The van der Waals surface area contributed by atoms with Crippen LogP contribution in [0.15, 0.2) is 36.7 Å². The highest BCUT2D eigenvalue weighted by Gasteiger charge is 2.46. The van der Waals surface area contributed by atoms with Crippen molar-refractivity contribution in [3.63, 3.8) is 0 Å². The van der Waals surface area contributed by atoms with E-state index >= 15 is 0 Å². The largest absolute Gasteiger partial charge is 0.480 e. The lowest BCUT2D eigenvalue weighted by molar-refractivity contribution is -0.147. The number of methoxy groups -OCH3 is 1. The molecule has 49 heavy (non-hydrogen) atoms. The van der Waals surface area contributed by atoms with Crippen LogP contribution in [0.1, 0.15) is 66.5 Å². The van der Waals surface area contributed by atoms with Crippen molar-refractivity contribution in [3.8, 4) is 23.2 Å². The molecule has 3 heterocycles. The molecule has 0 spiro atoms. The summed E-state index contributed by atoms with van der Waals surface area (Å²) < 4.78 is 22.0. The Labute approximate surface area is 290 Å². The minimum absolute atomic E-state index is 0.0364. The summed E-state index contributed by atoms with van der Waals surface area (Å²) in [5, 5.41) is 16.2. The Hall–Kier alpha value is -5.16. The molecule has 14 nitrogen and oxygen atoms in total. The number of amides is 2. The van der Waals surface area contributed by atoms with Crippen LogP contribution in [0.5, 0.6) is 5.88 Å². The molecule has 1 aliphatic rings. The number of fused-ring (bicyclic) bond motifs is 1. The fraction of sp³-hybridized carbons (Fsp3) is 0.441. The van der Waals surface area contributed by atoms with Crippen molar-refractivity contribution in [1.29, 1.82) is 5.26 Å². The van der Waals surface area contributed by atoms with E-state index in [9.17, 15) is 19.6 Å². The highest BCUT2D eigenvalue weighted by Crippen LogP contribution is 2.46.